The molecule has 0 radical (unpaired) electrons. The van der Waals surface area contributed by atoms with Crippen LogP contribution in [0.25, 0.3) is 10.8 Å². The molecule has 32 heavy (non-hydrogen) atoms. The van der Waals surface area contributed by atoms with Gasteiger partial charge in [-0.3, -0.25) is 4.79 Å². The summed E-state index contributed by atoms with van der Waals surface area (Å²) < 4.78 is 27.9. The molecule has 0 spiro atoms. The largest absolute Gasteiger partial charge is 0.315 e. The van der Waals surface area contributed by atoms with E-state index in [1.165, 1.54) is 0 Å². The van der Waals surface area contributed by atoms with E-state index in [-0.39, 0.29) is 28.6 Å². The molecule has 1 heterocycles. The lowest BCUT2D eigenvalue weighted by atomic mass is 10.00. The summed E-state index contributed by atoms with van der Waals surface area (Å²) in [5.41, 5.74) is 1.99. The number of hydrogen-bond donors (Lipinski definition) is 2. The van der Waals surface area contributed by atoms with E-state index in [1.807, 2.05) is 48.5 Å². The molecule has 1 saturated carbocycles. The average molecular weight is 469 g/mol. The van der Waals surface area contributed by atoms with E-state index in [1.54, 1.807) is 12.1 Å². The zero-order valence-electron chi connectivity index (χ0n) is 17.6. The summed E-state index contributed by atoms with van der Waals surface area (Å²) in [6.07, 6.45) is 1.99. The minimum atomic E-state index is -3.53. The van der Waals surface area contributed by atoms with Gasteiger partial charge in [0.05, 0.1) is 4.90 Å². The van der Waals surface area contributed by atoms with Gasteiger partial charge in [-0.1, -0.05) is 48.0 Å². The van der Waals surface area contributed by atoms with Crippen LogP contribution >= 0.6 is 11.6 Å². The van der Waals surface area contributed by atoms with E-state index in [9.17, 15) is 13.2 Å². The van der Waals surface area contributed by atoms with Crippen molar-refractivity contribution >= 4 is 38.2 Å². The molecule has 7 heteroatoms. The molecule has 5 rings (SSSR count). The first kappa shape index (κ1) is 21.6. The molecule has 1 unspecified atom stereocenters. The van der Waals surface area contributed by atoms with Gasteiger partial charge in [0.25, 0.3) is 0 Å². The van der Waals surface area contributed by atoms with E-state index in [0.717, 1.165) is 41.3 Å². The number of carbonyl (C=O) groups excluding carboxylic acids is 1. The molecular formula is C25H25ClN2O3S. The molecule has 0 bridgehead atoms. The normalized spacial score (nSPS) is 22.8. The highest BCUT2D eigenvalue weighted by atomic mass is 35.5. The second kappa shape index (κ2) is 8.60. The van der Waals surface area contributed by atoms with Crippen LogP contribution in [0.3, 0.4) is 0 Å². The van der Waals surface area contributed by atoms with Gasteiger partial charge in [0.15, 0.2) is 0 Å². The maximum Gasteiger partial charge on any atom is 0.240 e. The van der Waals surface area contributed by atoms with Gasteiger partial charge < -0.3 is 5.32 Å². The molecule has 3 aromatic rings. The molecule has 2 aliphatic rings. The third-order valence-corrected chi connectivity index (χ3v) is 8.34. The molecule has 1 saturated heterocycles. The highest BCUT2D eigenvalue weighted by Crippen LogP contribution is 2.48. The van der Waals surface area contributed by atoms with E-state index < -0.39 is 10.0 Å². The van der Waals surface area contributed by atoms with Gasteiger partial charge in [0, 0.05) is 35.3 Å². The monoisotopic (exact) mass is 468 g/mol. The van der Waals surface area contributed by atoms with Crippen LogP contribution in [0.15, 0.2) is 65.6 Å². The fourth-order valence-corrected chi connectivity index (χ4v) is 6.09. The average Bonchev–Trinajstić information content (AvgIpc) is 3.44. The Balaban J connectivity index is 1.23. The van der Waals surface area contributed by atoms with Crippen molar-refractivity contribution in [1.29, 1.82) is 0 Å². The Morgan fingerprint density at radius 2 is 1.91 bits per heavy atom. The Labute approximate surface area is 193 Å². The van der Waals surface area contributed by atoms with Gasteiger partial charge in [0.1, 0.15) is 5.78 Å². The summed E-state index contributed by atoms with van der Waals surface area (Å²) >= 11 is 6.30. The number of ketones is 1. The lowest BCUT2D eigenvalue weighted by Crippen LogP contribution is -2.36. The van der Waals surface area contributed by atoms with Crippen molar-refractivity contribution in [1.82, 2.24) is 10.0 Å². The predicted molar refractivity (Wildman–Crippen MR) is 127 cm³/mol. The predicted octanol–water partition coefficient (Wildman–Crippen LogP) is 4.05. The number of nitrogens with one attached hydrogen (secondary N) is 2. The maximum atomic E-state index is 12.9. The second-order valence-corrected chi connectivity index (χ2v) is 10.9. The third-order valence-electron chi connectivity index (χ3n) is 6.48. The van der Waals surface area contributed by atoms with Crippen molar-refractivity contribution in [2.75, 3.05) is 13.1 Å². The maximum absolute atomic E-state index is 12.9. The van der Waals surface area contributed by atoms with Crippen LogP contribution in [-0.2, 0) is 21.2 Å². The Morgan fingerprint density at radius 3 is 2.66 bits per heavy atom. The van der Waals surface area contributed by atoms with Crippen molar-refractivity contribution in [2.45, 2.75) is 36.1 Å². The lowest BCUT2D eigenvalue weighted by molar-refractivity contribution is -0.119. The Hall–Kier alpha value is -2.25. The molecule has 0 aromatic heterocycles. The Bertz CT molecular complexity index is 1270. The number of sulfonamides is 1. The molecule has 2 N–H and O–H groups in total. The van der Waals surface area contributed by atoms with Crippen LogP contribution in [0.5, 0.6) is 0 Å². The Kier molecular flexibility index (Phi) is 5.80. The quantitative estimate of drug-likeness (QED) is 0.548. The minimum absolute atomic E-state index is 0.0120. The minimum Gasteiger partial charge on any atom is -0.315 e. The van der Waals surface area contributed by atoms with Crippen LogP contribution < -0.4 is 10.0 Å². The summed E-state index contributed by atoms with van der Waals surface area (Å²) in [6, 6.07) is 18.7. The third kappa shape index (κ3) is 4.46. The summed E-state index contributed by atoms with van der Waals surface area (Å²) in [7, 11) is -3.53. The highest BCUT2D eigenvalue weighted by Gasteiger charge is 2.43. The molecule has 2 fully saturated rings. The van der Waals surface area contributed by atoms with Crippen molar-refractivity contribution in [2.24, 2.45) is 5.92 Å². The first-order valence-corrected chi connectivity index (χ1v) is 12.8. The second-order valence-electron chi connectivity index (χ2n) is 8.77. The first-order chi connectivity index (χ1) is 15.4. The summed E-state index contributed by atoms with van der Waals surface area (Å²) in [4.78, 5) is 13.1. The molecule has 1 aliphatic heterocycles. The molecule has 3 aromatic carbocycles. The number of hydrogen-bond acceptors (Lipinski definition) is 4. The number of carbonyl (C=O) groups is 1. The van der Waals surface area contributed by atoms with Crippen LogP contribution in [0.4, 0.5) is 0 Å². The molecule has 1 aliphatic carbocycles. The van der Waals surface area contributed by atoms with Crippen LogP contribution in [0.1, 0.15) is 29.9 Å². The molecule has 166 valence electrons. The van der Waals surface area contributed by atoms with E-state index >= 15 is 0 Å². The smallest absolute Gasteiger partial charge is 0.240 e. The van der Waals surface area contributed by atoms with Gasteiger partial charge in [-0.15, -0.1) is 0 Å². The molecule has 0 amide bonds. The first-order valence-electron chi connectivity index (χ1n) is 10.9. The fraction of sp³-hybridized carbons (Fsp3) is 0.320. The van der Waals surface area contributed by atoms with Crippen LogP contribution in [0, 0.1) is 5.92 Å². The zero-order valence-corrected chi connectivity index (χ0v) is 19.1. The number of rotatable bonds is 7. The van der Waals surface area contributed by atoms with Crippen molar-refractivity contribution in [3.05, 3.63) is 76.8 Å². The molecule has 3 atom stereocenters. The van der Waals surface area contributed by atoms with Gasteiger partial charge >= 0.3 is 0 Å². The number of fused-ring (bicyclic) bond motifs is 1. The summed E-state index contributed by atoms with van der Waals surface area (Å²) in [6.45, 7) is 1.49. The van der Waals surface area contributed by atoms with E-state index in [0.29, 0.717) is 18.0 Å². The fourth-order valence-electron chi connectivity index (χ4n) is 4.58. The Morgan fingerprint density at radius 1 is 1.09 bits per heavy atom. The summed E-state index contributed by atoms with van der Waals surface area (Å²) in [5, 5.41) is 5.87. The lowest BCUT2D eigenvalue weighted by Gasteiger charge is -2.12. The van der Waals surface area contributed by atoms with Crippen LogP contribution in [-0.4, -0.2) is 33.3 Å². The van der Waals surface area contributed by atoms with Crippen molar-refractivity contribution in [3.63, 3.8) is 0 Å². The number of benzene rings is 3. The number of Topliss-reactive ketones (excluding diaryl/α,β-unsaturated/α-hetero) is 1. The molecule has 5 nitrogen and oxygen atoms in total. The molecular weight excluding hydrogens is 444 g/mol. The van der Waals surface area contributed by atoms with Crippen molar-refractivity contribution < 1.29 is 13.2 Å². The van der Waals surface area contributed by atoms with E-state index in [4.69, 9.17) is 11.6 Å². The topological polar surface area (TPSA) is 75.3 Å². The van der Waals surface area contributed by atoms with E-state index in [2.05, 4.69) is 10.0 Å². The zero-order chi connectivity index (χ0) is 22.3. The van der Waals surface area contributed by atoms with Gasteiger partial charge in [-0.25, -0.2) is 13.1 Å². The van der Waals surface area contributed by atoms with Crippen molar-refractivity contribution in [3.8, 4) is 0 Å². The van der Waals surface area contributed by atoms with Gasteiger partial charge in [0.2, 0.25) is 10.0 Å². The van der Waals surface area contributed by atoms with Gasteiger partial charge in [-0.2, -0.15) is 0 Å². The van der Waals surface area contributed by atoms with Gasteiger partial charge in [-0.05, 0) is 66.1 Å². The highest BCUT2D eigenvalue weighted by molar-refractivity contribution is 7.89. The SMILES string of the molecule is O=C(Cc1ccc2cccc(Cl)c2c1)[C@@H]1C[C@H]1c1ccc(S(=O)(=O)NC2CCNC2)cc1. The van der Waals surface area contributed by atoms with Crippen LogP contribution in [0.2, 0.25) is 5.02 Å². The number of halogens is 1. The standard InChI is InChI=1S/C25H25ClN2O3S/c26-24-3-1-2-17-5-4-16(12-22(17)24)13-25(29)23-14-21(23)18-6-8-20(9-7-18)32(30,31)28-19-10-11-27-15-19/h1-9,12,19,21,23,27-28H,10-11,13-15H2/t19?,21-,23+/m0/s1. The summed E-state index contributed by atoms with van der Waals surface area (Å²) in [5.74, 6) is 0.367.